The molecule has 12 heteroatoms. The Hall–Kier alpha value is -4.13. The molecule has 1 amide bonds. The average Bonchev–Trinajstić information content (AvgIpc) is 3.09. The van der Waals surface area contributed by atoms with Crippen LogP contribution in [0.5, 0.6) is 0 Å². The number of β-lactam (4-membered cyclic amide) rings is 1. The predicted octanol–water partition coefficient (Wildman–Crippen LogP) is 7.00. The Bertz CT molecular complexity index is 1830. The van der Waals surface area contributed by atoms with Crippen molar-refractivity contribution in [2.45, 2.75) is 96.2 Å². The number of benzene rings is 3. The van der Waals surface area contributed by atoms with Crippen molar-refractivity contribution in [1.29, 1.82) is 0 Å². The van der Waals surface area contributed by atoms with Gasteiger partial charge in [-0.2, -0.15) is 0 Å². The number of nitrogens with zero attached hydrogens (tertiary/aromatic N) is 1. The number of rotatable bonds is 16. The van der Waals surface area contributed by atoms with E-state index in [-0.39, 0.29) is 30.9 Å². The normalized spacial score (nSPS) is 20.0. The Morgan fingerprint density at radius 1 is 0.887 bits per heavy atom. The predicted molar refractivity (Wildman–Crippen MR) is 198 cm³/mol. The summed E-state index contributed by atoms with van der Waals surface area (Å²) < 4.78 is 59.8. The maximum Gasteiger partial charge on any atom is 0.303 e. The van der Waals surface area contributed by atoms with E-state index in [1.807, 2.05) is 62.4 Å². The van der Waals surface area contributed by atoms with Crippen LogP contribution in [0, 0.1) is 11.7 Å². The number of hydrogen-bond donors (Lipinski definition) is 0. The van der Waals surface area contributed by atoms with E-state index < -0.39 is 51.0 Å². The van der Waals surface area contributed by atoms with Gasteiger partial charge in [-0.25, -0.2) is 12.8 Å². The summed E-state index contributed by atoms with van der Waals surface area (Å²) in [5.41, 5.74) is 3.52. The minimum absolute atomic E-state index is 0.0517. The van der Waals surface area contributed by atoms with Gasteiger partial charge in [0, 0.05) is 31.5 Å². The van der Waals surface area contributed by atoms with Crippen molar-refractivity contribution in [1.82, 2.24) is 0 Å². The molecule has 3 aromatic carbocycles. The van der Waals surface area contributed by atoms with E-state index in [1.165, 1.54) is 32.2 Å². The number of carbonyl (C=O) groups excluding carboxylic acids is 3. The molecule has 0 radical (unpaired) electrons. The van der Waals surface area contributed by atoms with Crippen molar-refractivity contribution >= 4 is 33.4 Å². The van der Waals surface area contributed by atoms with Crippen molar-refractivity contribution in [3.05, 3.63) is 101 Å². The molecular formula is C41H50FNO9S. The van der Waals surface area contributed by atoms with E-state index in [0.717, 1.165) is 35.2 Å². The van der Waals surface area contributed by atoms with E-state index in [0.29, 0.717) is 37.7 Å². The number of aryl methyl sites for hydroxylation is 2. The van der Waals surface area contributed by atoms with Gasteiger partial charge >= 0.3 is 11.9 Å². The Kier molecular flexibility index (Phi) is 12.8. The minimum Gasteiger partial charge on any atom is -0.458 e. The highest BCUT2D eigenvalue weighted by Gasteiger charge is 2.49. The maximum atomic E-state index is 13.9. The Morgan fingerprint density at radius 2 is 1.49 bits per heavy atom. The first kappa shape index (κ1) is 40.1. The van der Waals surface area contributed by atoms with Crippen LogP contribution in [0.3, 0.4) is 0 Å². The number of ether oxygens (including phenoxy) is 4. The maximum absolute atomic E-state index is 13.9. The molecule has 286 valence electrons. The highest BCUT2D eigenvalue weighted by molar-refractivity contribution is 7.90. The number of amides is 1. The van der Waals surface area contributed by atoms with E-state index in [4.69, 9.17) is 18.9 Å². The molecule has 1 unspecified atom stereocenters. The first-order valence-electron chi connectivity index (χ1n) is 18.1. The Labute approximate surface area is 311 Å². The monoisotopic (exact) mass is 751 g/mol. The third kappa shape index (κ3) is 11.0. The van der Waals surface area contributed by atoms with E-state index in [1.54, 1.807) is 17.0 Å². The van der Waals surface area contributed by atoms with Gasteiger partial charge in [-0.1, -0.05) is 48.5 Å². The van der Waals surface area contributed by atoms with Crippen LogP contribution < -0.4 is 4.90 Å². The number of carbonyl (C=O) groups is 3. The first-order valence-corrected chi connectivity index (χ1v) is 20.2. The summed E-state index contributed by atoms with van der Waals surface area (Å²) >= 11 is 0. The fourth-order valence-corrected chi connectivity index (χ4v) is 7.75. The molecule has 0 aromatic heterocycles. The fourth-order valence-electron chi connectivity index (χ4n) is 7.02. The summed E-state index contributed by atoms with van der Waals surface area (Å²) in [5.74, 6) is -2.31. The molecule has 10 nitrogen and oxygen atoms in total. The van der Waals surface area contributed by atoms with Gasteiger partial charge in [0.1, 0.15) is 21.8 Å². The lowest BCUT2D eigenvalue weighted by Crippen LogP contribution is -2.55. The number of esters is 2. The average molecular weight is 752 g/mol. The zero-order valence-electron chi connectivity index (χ0n) is 31.1. The number of hydrogen-bond acceptors (Lipinski definition) is 9. The molecule has 53 heavy (non-hydrogen) atoms. The number of sulfone groups is 1. The van der Waals surface area contributed by atoms with Crippen molar-refractivity contribution < 1.29 is 46.1 Å². The Balaban J connectivity index is 1.34. The lowest BCUT2D eigenvalue weighted by atomic mass is 9.78. The van der Waals surface area contributed by atoms with Gasteiger partial charge in [0.05, 0.1) is 25.2 Å². The molecule has 3 atom stereocenters. The summed E-state index contributed by atoms with van der Waals surface area (Å²) in [6.07, 6.45) is 4.56. The van der Waals surface area contributed by atoms with E-state index in [9.17, 15) is 27.2 Å². The molecule has 5 rings (SSSR count). The van der Waals surface area contributed by atoms with Crippen molar-refractivity contribution in [2.24, 2.45) is 5.92 Å². The molecule has 2 fully saturated rings. The number of unbranched alkanes of at least 4 members (excludes halogenated alkanes) is 1. The lowest BCUT2D eigenvalue weighted by Gasteiger charge is -2.48. The fraction of sp³-hybridized carbons (Fsp3) is 0.488. The molecule has 2 heterocycles. The molecule has 0 saturated carbocycles. The molecule has 0 spiro atoms. The topological polar surface area (TPSA) is 126 Å². The summed E-state index contributed by atoms with van der Waals surface area (Å²) in [6, 6.07) is 21.4. The summed E-state index contributed by atoms with van der Waals surface area (Å²) in [4.78, 5) is 39.7. The molecule has 0 bridgehead atoms. The van der Waals surface area contributed by atoms with Crippen LogP contribution in [0.25, 0.3) is 0 Å². The van der Waals surface area contributed by atoms with Crippen LogP contribution in [0.2, 0.25) is 0 Å². The van der Waals surface area contributed by atoms with Gasteiger partial charge in [0.15, 0.2) is 11.4 Å². The summed E-state index contributed by atoms with van der Waals surface area (Å²) in [5, 5.41) is 0. The Morgan fingerprint density at radius 3 is 2.08 bits per heavy atom. The smallest absolute Gasteiger partial charge is 0.303 e. The molecule has 0 aliphatic carbocycles. The van der Waals surface area contributed by atoms with Crippen LogP contribution in [-0.4, -0.2) is 62.9 Å². The zero-order chi connectivity index (χ0) is 38.4. The zero-order valence-corrected chi connectivity index (χ0v) is 32.0. The largest absolute Gasteiger partial charge is 0.458 e. The summed E-state index contributed by atoms with van der Waals surface area (Å²) in [7, 11) is -3.00. The summed E-state index contributed by atoms with van der Waals surface area (Å²) in [6.45, 7) is 6.80. The highest BCUT2D eigenvalue weighted by Crippen LogP contribution is 2.47. The van der Waals surface area contributed by atoms with Gasteiger partial charge < -0.3 is 23.8 Å². The van der Waals surface area contributed by atoms with Gasteiger partial charge in [-0.3, -0.25) is 14.4 Å². The third-order valence-corrected chi connectivity index (χ3v) is 10.9. The highest BCUT2D eigenvalue weighted by atomic mass is 32.2. The van der Waals surface area contributed by atoms with E-state index >= 15 is 0 Å². The molecular weight excluding hydrogens is 702 g/mol. The minimum atomic E-state index is -3.00. The van der Waals surface area contributed by atoms with Crippen LogP contribution >= 0.6 is 0 Å². The van der Waals surface area contributed by atoms with Crippen molar-refractivity contribution in [3.63, 3.8) is 0 Å². The molecule has 2 saturated heterocycles. The van der Waals surface area contributed by atoms with Crippen LogP contribution in [-0.2, 0) is 56.0 Å². The quantitative estimate of drug-likeness (QED) is 0.0865. The van der Waals surface area contributed by atoms with Crippen LogP contribution in [0.4, 0.5) is 10.1 Å². The van der Waals surface area contributed by atoms with Crippen molar-refractivity contribution in [2.75, 3.05) is 30.1 Å². The standard InChI is InChI=1S/C41H50FNO9S/c1-28(44)51-37(32-15-17-34(42)18-16-32)22-21-36-38(43(39(36)46)35-19-11-30(12-20-35)8-6-7-25-53(5,47)48)33-13-9-31(10-14-33)23-24-41(52-29(2)45)26-49-40(3,4)50-27-41/h9-20,36-38H,6-8,21-27H2,1-5H3/t36?,37-,38+/m0/s1. The van der Waals surface area contributed by atoms with Crippen LogP contribution in [0.15, 0.2) is 72.8 Å². The SMILES string of the molecule is CC(=O)O[C@@H](CCC1C(=O)N(c2ccc(CCCCS(C)(=O)=O)cc2)[C@@H]1c1ccc(CCC2(OC(C)=O)COC(C)(C)OC2)cc1)c1ccc(F)cc1. The van der Waals surface area contributed by atoms with Gasteiger partial charge in [-0.15, -0.1) is 0 Å². The lowest BCUT2D eigenvalue weighted by molar-refractivity contribution is -0.305. The van der Waals surface area contributed by atoms with Crippen molar-refractivity contribution in [3.8, 4) is 0 Å². The van der Waals surface area contributed by atoms with Gasteiger partial charge in [0.2, 0.25) is 5.91 Å². The second-order valence-corrected chi connectivity index (χ2v) is 17.0. The van der Waals surface area contributed by atoms with Crippen LogP contribution in [0.1, 0.15) is 94.2 Å². The molecule has 0 N–H and O–H groups in total. The number of anilines is 1. The molecule has 2 aliphatic rings. The second kappa shape index (κ2) is 16.9. The molecule has 2 aliphatic heterocycles. The van der Waals surface area contributed by atoms with Gasteiger partial charge in [0.25, 0.3) is 0 Å². The molecule has 3 aromatic rings. The van der Waals surface area contributed by atoms with E-state index in [2.05, 4.69) is 0 Å². The third-order valence-electron chi connectivity index (χ3n) is 9.87. The first-order chi connectivity index (χ1) is 25.0. The van der Waals surface area contributed by atoms with Gasteiger partial charge in [-0.05, 0) is 105 Å². The number of halogens is 1. The second-order valence-electron chi connectivity index (χ2n) is 14.7.